The summed E-state index contributed by atoms with van der Waals surface area (Å²) in [5.41, 5.74) is 0. The Hall–Kier alpha value is -0.0800. The van der Waals surface area contributed by atoms with Crippen LogP contribution in [0.25, 0.3) is 0 Å². The van der Waals surface area contributed by atoms with Crippen molar-refractivity contribution in [2.24, 2.45) is 0 Å². The van der Waals surface area contributed by atoms with Crippen molar-refractivity contribution in [1.29, 1.82) is 0 Å². The van der Waals surface area contributed by atoms with Gasteiger partial charge in [-0.1, -0.05) is 0 Å². The highest BCUT2D eigenvalue weighted by atomic mass is 15.4. The van der Waals surface area contributed by atoms with Crippen LogP contribution in [-0.2, 0) is 0 Å². The van der Waals surface area contributed by atoms with Crippen LogP contribution in [0.15, 0.2) is 0 Å². The van der Waals surface area contributed by atoms with Crippen LogP contribution in [0.3, 0.4) is 0 Å². The first-order chi connectivity index (χ1) is 4.70. The number of fused-ring (bicyclic) bond motifs is 1. The molecule has 0 radical (unpaired) electrons. The van der Waals surface area contributed by atoms with Crippen molar-refractivity contribution in [1.82, 2.24) is 9.80 Å². The average molecular weight is 140 g/mol. The summed E-state index contributed by atoms with van der Waals surface area (Å²) in [6.45, 7) is 7.17. The Balaban J connectivity index is 1.89. The minimum atomic E-state index is 0.759. The lowest BCUT2D eigenvalue weighted by molar-refractivity contribution is -0.125. The summed E-state index contributed by atoms with van der Waals surface area (Å²) in [6.07, 6.45) is 0. The molecule has 0 aromatic carbocycles. The van der Waals surface area contributed by atoms with E-state index in [1.165, 1.54) is 13.1 Å². The molecular formula is C8H16N2. The Morgan fingerprint density at radius 1 is 1.20 bits per heavy atom. The van der Waals surface area contributed by atoms with Gasteiger partial charge in [0, 0.05) is 31.2 Å². The maximum absolute atomic E-state index is 2.59. The fourth-order valence-electron chi connectivity index (χ4n) is 2.10. The number of nitrogens with zero attached hydrogens (tertiary/aromatic N) is 2. The van der Waals surface area contributed by atoms with E-state index >= 15 is 0 Å². The van der Waals surface area contributed by atoms with Crippen LogP contribution < -0.4 is 0 Å². The van der Waals surface area contributed by atoms with Crippen molar-refractivity contribution in [2.75, 3.05) is 20.1 Å². The van der Waals surface area contributed by atoms with Crippen LogP contribution in [0, 0.1) is 0 Å². The monoisotopic (exact) mass is 140 g/mol. The Morgan fingerprint density at radius 3 is 2.20 bits per heavy atom. The first-order valence-corrected chi connectivity index (χ1v) is 4.16. The van der Waals surface area contributed by atoms with Crippen LogP contribution in [0.4, 0.5) is 0 Å². The third kappa shape index (κ3) is 0.663. The number of likely N-dealkylation sites (tertiary alicyclic amines) is 2. The van der Waals surface area contributed by atoms with Gasteiger partial charge in [-0.2, -0.15) is 0 Å². The minimum Gasteiger partial charge on any atom is -0.299 e. The molecule has 2 rings (SSSR count). The summed E-state index contributed by atoms with van der Waals surface area (Å²) in [6, 6.07) is 2.57. The molecule has 0 N–H and O–H groups in total. The SMILES string of the molecule is CC(C)N1C[C@H]2C1CN2C. The third-order valence-corrected chi connectivity index (χ3v) is 2.97. The zero-order valence-electron chi connectivity index (χ0n) is 7.04. The van der Waals surface area contributed by atoms with Gasteiger partial charge < -0.3 is 0 Å². The highest BCUT2D eigenvalue weighted by molar-refractivity contribution is 5.07. The van der Waals surface area contributed by atoms with Crippen molar-refractivity contribution < 1.29 is 0 Å². The third-order valence-electron chi connectivity index (χ3n) is 2.97. The molecule has 1 unspecified atom stereocenters. The van der Waals surface area contributed by atoms with Gasteiger partial charge >= 0.3 is 0 Å². The summed E-state index contributed by atoms with van der Waals surface area (Å²) in [4.78, 5) is 5.04. The van der Waals surface area contributed by atoms with E-state index in [1.807, 2.05) is 0 Å². The van der Waals surface area contributed by atoms with Gasteiger partial charge in [0.25, 0.3) is 0 Å². The minimum absolute atomic E-state index is 0.759. The molecular weight excluding hydrogens is 124 g/mol. The molecule has 2 aliphatic rings. The van der Waals surface area contributed by atoms with E-state index in [1.54, 1.807) is 0 Å². The van der Waals surface area contributed by atoms with Crippen LogP contribution in [0.1, 0.15) is 13.8 Å². The number of rotatable bonds is 1. The van der Waals surface area contributed by atoms with Crippen LogP contribution >= 0.6 is 0 Å². The van der Waals surface area contributed by atoms with E-state index in [0.717, 1.165) is 18.1 Å². The van der Waals surface area contributed by atoms with Gasteiger partial charge in [-0.05, 0) is 20.9 Å². The van der Waals surface area contributed by atoms with Gasteiger partial charge in [0.05, 0.1) is 0 Å². The van der Waals surface area contributed by atoms with E-state index in [-0.39, 0.29) is 0 Å². The Labute approximate surface area is 62.8 Å². The van der Waals surface area contributed by atoms with Crippen LogP contribution in [-0.4, -0.2) is 48.1 Å². The largest absolute Gasteiger partial charge is 0.299 e. The molecule has 2 heterocycles. The average Bonchev–Trinajstić information content (AvgIpc) is 1.81. The van der Waals surface area contributed by atoms with E-state index < -0.39 is 0 Å². The van der Waals surface area contributed by atoms with Gasteiger partial charge in [0.1, 0.15) is 0 Å². The van der Waals surface area contributed by atoms with E-state index in [2.05, 4.69) is 30.7 Å². The molecule has 2 saturated heterocycles. The molecule has 0 aromatic rings. The summed E-state index contributed by atoms with van der Waals surface area (Å²) in [5, 5.41) is 0. The molecule has 0 bridgehead atoms. The molecule has 0 amide bonds. The molecule has 2 fully saturated rings. The zero-order chi connectivity index (χ0) is 7.30. The smallest absolute Gasteiger partial charge is 0.0394 e. The molecule has 0 saturated carbocycles. The fraction of sp³-hybridized carbons (Fsp3) is 1.00. The lowest BCUT2D eigenvalue weighted by Crippen LogP contribution is -2.78. The van der Waals surface area contributed by atoms with Crippen molar-refractivity contribution in [3.63, 3.8) is 0 Å². The predicted octanol–water partition coefficient (Wildman–Crippen LogP) is 0.393. The Kier molecular flexibility index (Phi) is 1.29. The van der Waals surface area contributed by atoms with Crippen molar-refractivity contribution >= 4 is 0 Å². The first-order valence-electron chi connectivity index (χ1n) is 4.16. The van der Waals surface area contributed by atoms with Crippen molar-refractivity contribution in [3.05, 3.63) is 0 Å². The molecule has 2 atom stereocenters. The lowest BCUT2D eigenvalue weighted by atomic mass is 9.85. The highest BCUT2D eigenvalue weighted by Gasteiger charge is 2.49. The molecule has 0 aromatic heterocycles. The van der Waals surface area contributed by atoms with E-state index in [4.69, 9.17) is 0 Å². The number of hydrogen-bond acceptors (Lipinski definition) is 2. The summed E-state index contributed by atoms with van der Waals surface area (Å²) >= 11 is 0. The van der Waals surface area contributed by atoms with Crippen LogP contribution in [0.2, 0.25) is 0 Å². The second-order valence-corrected chi connectivity index (χ2v) is 3.86. The predicted molar refractivity (Wildman–Crippen MR) is 42.0 cm³/mol. The Bertz CT molecular complexity index is 144. The number of likely N-dealkylation sites (N-methyl/N-ethyl adjacent to an activating group) is 1. The zero-order valence-corrected chi connectivity index (χ0v) is 7.04. The first kappa shape index (κ1) is 6.62. The van der Waals surface area contributed by atoms with Gasteiger partial charge in [-0.15, -0.1) is 0 Å². The normalized spacial score (nSPS) is 40.8. The van der Waals surface area contributed by atoms with E-state index in [0.29, 0.717) is 0 Å². The van der Waals surface area contributed by atoms with Gasteiger partial charge in [0.15, 0.2) is 0 Å². The van der Waals surface area contributed by atoms with Crippen LogP contribution in [0.5, 0.6) is 0 Å². The molecule has 2 heteroatoms. The standard InChI is InChI=1S/C8H16N2/c1-6(2)10-5-7-8(10)4-9(7)3/h6-8H,4-5H2,1-3H3/t7-,8?/m0/s1. The van der Waals surface area contributed by atoms with Crippen molar-refractivity contribution in [2.45, 2.75) is 32.0 Å². The summed E-state index contributed by atoms with van der Waals surface area (Å²) in [5.74, 6) is 0. The second kappa shape index (κ2) is 1.95. The quantitative estimate of drug-likeness (QED) is 0.520. The number of piperazine rings is 1. The van der Waals surface area contributed by atoms with Crippen molar-refractivity contribution in [3.8, 4) is 0 Å². The fourth-order valence-corrected chi connectivity index (χ4v) is 2.10. The maximum Gasteiger partial charge on any atom is 0.0394 e. The maximum atomic E-state index is 2.59. The molecule has 58 valence electrons. The molecule has 2 nitrogen and oxygen atoms in total. The highest BCUT2D eigenvalue weighted by Crippen LogP contribution is 2.33. The number of hydrogen-bond donors (Lipinski definition) is 0. The summed E-state index contributed by atoms with van der Waals surface area (Å²) < 4.78 is 0. The Morgan fingerprint density at radius 2 is 1.90 bits per heavy atom. The summed E-state index contributed by atoms with van der Waals surface area (Å²) in [7, 11) is 2.22. The second-order valence-electron chi connectivity index (χ2n) is 3.86. The van der Waals surface area contributed by atoms with E-state index in [9.17, 15) is 0 Å². The lowest BCUT2D eigenvalue weighted by Gasteiger charge is -2.62. The van der Waals surface area contributed by atoms with Gasteiger partial charge in [-0.3, -0.25) is 9.80 Å². The molecule has 10 heavy (non-hydrogen) atoms. The van der Waals surface area contributed by atoms with Gasteiger partial charge in [-0.25, -0.2) is 0 Å². The topological polar surface area (TPSA) is 6.48 Å². The molecule has 2 aliphatic heterocycles. The molecule has 0 spiro atoms. The van der Waals surface area contributed by atoms with Gasteiger partial charge in [0.2, 0.25) is 0 Å². The molecule has 0 aliphatic carbocycles.